The van der Waals surface area contributed by atoms with Gasteiger partial charge in [0.15, 0.2) is 0 Å². The Hall–Kier alpha value is -2.62. The van der Waals surface area contributed by atoms with Gasteiger partial charge in [0.1, 0.15) is 24.0 Å². The van der Waals surface area contributed by atoms with Crippen LogP contribution in [-0.2, 0) is 13.0 Å². The van der Waals surface area contributed by atoms with E-state index in [-0.39, 0.29) is 5.82 Å². The van der Waals surface area contributed by atoms with E-state index in [0.717, 1.165) is 23.3 Å². The molecule has 4 heteroatoms. The number of benzene rings is 2. The van der Waals surface area contributed by atoms with E-state index in [0.29, 0.717) is 17.9 Å². The van der Waals surface area contributed by atoms with Crippen molar-refractivity contribution >= 4 is 11.0 Å². The molecule has 0 radical (unpaired) electrons. The van der Waals surface area contributed by atoms with Crippen molar-refractivity contribution in [1.82, 2.24) is 9.97 Å². The van der Waals surface area contributed by atoms with Crippen LogP contribution in [0.4, 0.5) is 4.39 Å². The number of H-pyrrole nitrogens is 1. The molecule has 0 aliphatic heterocycles. The molecule has 0 atom stereocenters. The highest BCUT2D eigenvalue weighted by Crippen LogP contribution is 2.20. The number of aromatic nitrogens is 2. The normalized spacial score (nSPS) is 10.7. The number of fused-ring (bicyclic) bond motifs is 1. The first-order valence-electron chi connectivity index (χ1n) is 6.72. The van der Waals surface area contributed by atoms with Crippen molar-refractivity contribution in [2.45, 2.75) is 13.0 Å². The molecule has 3 rings (SSSR count). The minimum absolute atomic E-state index is 0.282. The number of nitrogens with zero attached hydrogens (tertiary/aromatic N) is 1. The van der Waals surface area contributed by atoms with Crippen molar-refractivity contribution in [1.29, 1.82) is 0 Å². The predicted molar refractivity (Wildman–Crippen MR) is 80.7 cm³/mol. The third-order valence-corrected chi connectivity index (χ3v) is 3.19. The van der Waals surface area contributed by atoms with Crippen LogP contribution in [0.5, 0.6) is 5.75 Å². The number of hydrogen-bond donors (Lipinski definition) is 1. The number of halogens is 1. The third-order valence-electron chi connectivity index (χ3n) is 3.19. The van der Waals surface area contributed by atoms with E-state index >= 15 is 0 Å². The first kappa shape index (κ1) is 13.4. The average Bonchev–Trinajstić information content (AvgIpc) is 2.88. The van der Waals surface area contributed by atoms with Crippen LogP contribution < -0.4 is 4.74 Å². The van der Waals surface area contributed by atoms with Crippen LogP contribution in [0, 0.1) is 5.82 Å². The molecule has 3 aromatic rings. The Morgan fingerprint density at radius 2 is 2.10 bits per heavy atom. The molecule has 0 aliphatic rings. The Bertz CT molecular complexity index is 779. The second-order valence-corrected chi connectivity index (χ2v) is 4.73. The molecule has 0 spiro atoms. The van der Waals surface area contributed by atoms with Crippen LogP contribution >= 0.6 is 0 Å². The summed E-state index contributed by atoms with van der Waals surface area (Å²) >= 11 is 0. The lowest BCUT2D eigenvalue weighted by Gasteiger charge is -2.08. The van der Waals surface area contributed by atoms with Crippen molar-refractivity contribution in [3.63, 3.8) is 0 Å². The van der Waals surface area contributed by atoms with Gasteiger partial charge in [0.2, 0.25) is 0 Å². The lowest BCUT2D eigenvalue weighted by molar-refractivity contribution is 0.295. The van der Waals surface area contributed by atoms with Gasteiger partial charge in [0, 0.05) is 0 Å². The van der Waals surface area contributed by atoms with Gasteiger partial charge in [-0.05, 0) is 36.2 Å². The summed E-state index contributed by atoms with van der Waals surface area (Å²) in [7, 11) is 0. The molecule has 106 valence electrons. The first-order valence-corrected chi connectivity index (χ1v) is 6.72. The van der Waals surface area contributed by atoms with Crippen molar-refractivity contribution in [2.75, 3.05) is 0 Å². The summed E-state index contributed by atoms with van der Waals surface area (Å²) in [6.45, 7) is 4.05. The third kappa shape index (κ3) is 2.94. The van der Waals surface area contributed by atoms with Gasteiger partial charge in [-0.1, -0.05) is 24.3 Å². The zero-order valence-corrected chi connectivity index (χ0v) is 11.5. The summed E-state index contributed by atoms with van der Waals surface area (Å²) in [5.74, 6) is 1.20. The van der Waals surface area contributed by atoms with Crippen LogP contribution in [0.1, 0.15) is 11.4 Å². The fourth-order valence-electron chi connectivity index (χ4n) is 2.22. The molecule has 0 bridgehead atoms. The number of ether oxygens (including phenoxy) is 1. The van der Waals surface area contributed by atoms with Gasteiger partial charge < -0.3 is 9.72 Å². The van der Waals surface area contributed by atoms with Crippen molar-refractivity contribution in [3.05, 3.63) is 72.3 Å². The molecule has 3 nitrogen and oxygen atoms in total. The van der Waals surface area contributed by atoms with Gasteiger partial charge in [-0.2, -0.15) is 0 Å². The van der Waals surface area contributed by atoms with Gasteiger partial charge in [0.05, 0.1) is 11.0 Å². The van der Waals surface area contributed by atoms with Crippen LogP contribution in [0.15, 0.2) is 55.1 Å². The predicted octanol–water partition coefficient (Wildman–Crippen LogP) is 4.01. The molecule has 0 fully saturated rings. The van der Waals surface area contributed by atoms with Crippen LogP contribution in [-0.4, -0.2) is 9.97 Å². The molecule has 0 aliphatic carbocycles. The lowest BCUT2D eigenvalue weighted by Crippen LogP contribution is -1.99. The highest BCUT2D eigenvalue weighted by molar-refractivity contribution is 5.74. The number of rotatable bonds is 5. The summed E-state index contributed by atoms with van der Waals surface area (Å²) in [5.41, 5.74) is 2.48. The first-order chi connectivity index (χ1) is 10.3. The lowest BCUT2D eigenvalue weighted by atomic mass is 10.1. The molecule has 1 aromatic heterocycles. The number of allylic oxidation sites excluding steroid dienone is 1. The molecule has 1 heterocycles. The van der Waals surface area contributed by atoms with Crippen molar-refractivity contribution < 1.29 is 9.13 Å². The smallest absolute Gasteiger partial charge is 0.146 e. The van der Waals surface area contributed by atoms with E-state index in [1.165, 1.54) is 12.1 Å². The molecule has 0 unspecified atom stereocenters. The number of nitrogens with one attached hydrogen (secondary N) is 1. The van der Waals surface area contributed by atoms with Gasteiger partial charge >= 0.3 is 0 Å². The molecule has 2 aromatic carbocycles. The largest absolute Gasteiger partial charge is 0.485 e. The molecular weight excluding hydrogens is 267 g/mol. The Labute approximate surface area is 122 Å². The summed E-state index contributed by atoms with van der Waals surface area (Å²) in [6.07, 6.45) is 2.59. The van der Waals surface area contributed by atoms with E-state index in [2.05, 4.69) is 16.5 Å². The van der Waals surface area contributed by atoms with Gasteiger partial charge in [0.25, 0.3) is 0 Å². The van der Waals surface area contributed by atoms with Gasteiger partial charge in [-0.15, -0.1) is 6.58 Å². The molecule has 0 saturated heterocycles. The van der Waals surface area contributed by atoms with Gasteiger partial charge in [-0.3, -0.25) is 0 Å². The number of para-hydroxylation sites is 1. The Morgan fingerprint density at radius 3 is 2.95 bits per heavy atom. The minimum Gasteiger partial charge on any atom is -0.485 e. The number of aromatic amines is 1. The van der Waals surface area contributed by atoms with Crippen LogP contribution in [0.25, 0.3) is 11.0 Å². The van der Waals surface area contributed by atoms with E-state index < -0.39 is 0 Å². The maximum absolute atomic E-state index is 13.1. The summed E-state index contributed by atoms with van der Waals surface area (Å²) in [4.78, 5) is 7.44. The van der Waals surface area contributed by atoms with Crippen LogP contribution in [0.3, 0.4) is 0 Å². The van der Waals surface area contributed by atoms with E-state index in [4.69, 9.17) is 4.74 Å². The topological polar surface area (TPSA) is 37.9 Å². The fourth-order valence-corrected chi connectivity index (χ4v) is 2.22. The van der Waals surface area contributed by atoms with E-state index in [9.17, 15) is 4.39 Å². The molecule has 0 saturated carbocycles. The quantitative estimate of drug-likeness (QED) is 0.718. The monoisotopic (exact) mass is 282 g/mol. The maximum Gasteiger partial charge on any atom is 0.146 e. The zero-order chi connectivity index (χ0) is 14.7. The summed E-state index contributed by atoms with van der Waals surface area (Å²) in [6, 6.07) is 12.3. The highest BCUT2D eigenvalue weighted by atomic mass is 19.1. The standard InChI is InChI=1S/C17H15FN2O/c1-2-5-12-6-3-4-7-16(12)21-11-17-19-14-9-8-13(18)10-15(14)20-17/h2-4,6-10H,1,5,11H2,(H,19,20). The van der Waals surface area contributed by atoms with Gasteiger partial charge in [-0.25, -0.2) is 9.37 Å². The molecule has 1 N–H and O–H groups in total. The second-order valence-electron chi connectivity index (χ2n) is 4.73. The SMILES string of the molecule is C=CCc1ccccc1OCc1nc2ccc(F)cc2[nH]1. The fraction of sp³-hybridized carbons (Fsp3) is 0.118. The average molecular weight is 282 g/mol. The Balaban J connectivity index is 1.78. The second kappa shape index (κ2) is 5.79. The Kier molecular flexibility index (Phi) is 3.69. The zero-order valence-electron chi connectivity index (χ0n) is 11.5. The molecular formula is C17H15FN2O. The van der Waals surface area contributed by atoms with E-state index in [1.807, 2.05) is 30.3 Å². The Morgan fingerprint density at radius 1 is 1.24 bits per heavy atom. The molecule has 21 heavy (non-hydrogen) atoms. The number of imidazole rings is 1. The number of hydrogen-bond acceptors (Lipinski definition) is 2. The maximum atomic E-state index is 13.1. The molecule has 0 amide bonds. The summed E-state index contributed by atoms with van der Waals surface area (Å²) in [5, 5.41) is 0. The van der Waals surface area contributed by atoms with Crippen molar-refractivity contribution in [3.8, 4) is 5.75 Å². The highest BCUT2D eigenvalue weighted by Gasteiger charge is 2.06. The summed E-state index contributed by atoms with van der Waals surface area (Å²) < 4.78 is 18.9. The van der Waals surface area contributed by atoms with E-state index in [1.54, 1.807) is 6.07 Å². The van der Waals surface area contributed by atoms with Crippen molar-refractivity contribution in [2.24, 2.45) is 0 Å². The van der Waals surface area contributed by atoms with Crippen LogP contribution in [0.2, 0.25) is 0 Å². The minimum atomic E-state index is -0.282.